The molecule has 3 nitrogen and oxygen atoms in total. The van der Waals surface area contributed by atoms with E-state index >= 15 is 0 Å². The molecule has 1 amide bonds. The van der Waals surface area contributed by atoms with Crippen LogP contribution in [0, 0.1) is 17.5 Å². The van der Waals surface area contributed by atoms with Crippen LogP contribution in [0.15, 0.2) is 36.4 Å². The van der Waals surface area contributed by atoms with Crippen LogP contribution < -0.4 is 5.32 Å². The van der Waals surface area contributed by atoms with Crippen LogP contribution in [0.25, 0.3) is 0 Å². The Morgan fingerprint density at radius 2 is 1.74 bits per heavy atom. The summed E-state index contributed by atoms with van der Waals surface area (Å²) in [5.41, 5.74) is 1.09. The molecule has 0 fully saturated rings. The predicted molar refractivity (Wildman–Crippen MR) is 79.4 cm³/mol. The lowest BCUT2D eigenvalue weighted by Crippen LogP contribution is -2.31. The minimum atomic E-state index is -1.70. The van der Waals surface area contributed by atoms with Crippen molar-refractivity contribution in [2.75, 3.05) is 6.61 Å². The van der Waals surface area contributed by atoms with Gasteiger partial charge in [0.1, 0.15) is 0 Å². The first-order chi connectivity index (χ1) is 11.0. The molecule has 0 bridgehead atoms. The largest absolute Gasteiger partial charge is 0.394 e. The lowest BCUT2D eigenvalue weighted by Gasteiger charge is -2.17. The van der Waals surface area contributed by atoms with Crippen molar-refractivity contribution in [3.8, 4) is 0 Å². The van der Waals surface area contributed by atoms with Crippen LogP contribution in [0.2, 0.25) is 0 Å². The molecule has 1 unspecified atom stereocenters. The molecule has 23 heavy (non-hydrogen) atoms. The summed E-state index contributed by atoms with van der Waals surface area (Å²) in [4.78, 5) is 12.0. The Hall–Kier alpha value is -2.34. The number of benzene rings is 2. The first-order valence-electron chi connectivity index (χ1n) is 7.12. The van der Waals surface area contributed by atoms with Crippen molar-refractivity contribution in [2.24, 2.45) is 0 Å². The molecule has 0 saturated carbocycles. The fraction of sp³-hybridized carbons (Fsp3) is 0.235. The Bertz CT molecular complexity index is 702. The maximum atomic E-state index is 13.6. The van der Waals surface area contributed by atoms with Crippen LogP contribution in [0.1, 0.15) is 34.5 Å². The van der Waals surface area contributed by atoms with Gasteiger partial charge < -0.3 is 10.4 Å². The number of hydrogen-bond donors (Lipinski definition) is 2. The third-order valence-electron chi connectivity index (χ3n) is 3.56. The van der Waals surface area contributed by atoms with Crippen LogP contribution in [0.3, 0.4) is 0 Å². The van der Waals surface area contributed by atoms with Crippen LogP contribution >= 0.6 is 0 Å². The molecule has 0 heterocycles. The van der Waals surface area contributed by atoms with Crippen LogP contribution in [-0.4, -0.2) is 17.6 Å². The molecule has 0 aliphatic carbocycles. The SMILES string of the molecule is CCc1ccc(C(CO)NC(=O)c2ccc(F)c(F)c2F)cc1. The normalized spacial score (nSPS) is 12.0. The van der Waals surface area contributed by atoms with Crippen molar-refractivity contribution in [2.45, 2.75) is 19.4 Å². The summed E-state index contributed by atoms with van der Waals surface area (Å²) in [6.45, 7) is 1.58. The first kappa shape index (κ1) is 17.0. The van der Waals surface area contributed by atoms with Crippen molar-refractivity contribution in [3.05, 3.63) is 70.5 Å². The predicted octanol–water partition coefficient (Wildman–Crippen LogP) is 3.13. The van der Waals surface area contributed by atoms with Gasteiger partial charge in [-0.15, -0.1) is 0 Å². The van der Waals surface area contributed by atoms with Crippen LogP contribution in [-0.2, 0) is 6.42 Å². The van der Waals surface area contributed by atoms with Gasteiger partial charge >= 0.3 is 0 Å². The fourth-order valence-corrected chi connectivity index (χ4v) is 2.16. The average Bonchev–Trinajstić information content (AvgIpc) is 2.57. The molecule has 0 aliphatic heterocycles. The van der Waals surface area contributed by atoms with Gasteiger partial charge in [-0.2, -0.15) is 0 Å². The van der Waals surface area contributed by atoms with Crippen molar-refractivity contribution >= 4 is 5.91 Å². The van der Waals surface area contributed by atoms with E-state index < -0.39 is 41.6 Å². The maximum absolute atomic E-state index is 13.6. The summed E-state index contributed by atoms with van der Waals surface area (Å²) in [5, 5.41) is 11.8. The van der Waals surface area contributed by atoms with Crippen molar-refractivity contribution in [1.29, 1.82) is 0 Å². The van der Waals surface area contributed by atoms with Gasteiger partial charge in [-0.3, -0.25) is 4.79 Å². The summed E-state index contributed by atoms with van der Waals surface area (Å²) in [5.74, 6) is -5.56. The number of rotatable bonds is 5. The summed E-state index contributed by atoms with van der Waals surface area (Å²) in [6.07, 6.45) is 0.844. The zero-order chi connectivity index (χ0) is 17.0. The van der Waals surface area contributed by atoms with Gasteiger partial charge in [-0.25, -0.2) is 13.2 Å². The van der Waals surface area contributed by atoms with E-state index in [1.807, 2.05) is 19.1 Å². The van der Waals surface area contributed by atoms with E-state index in [2.05, 4.69) is 5.32 Å². The first-order valence-corrected chi connectivity index (χ1v) is 7.12. The van der Waals surface area contributed by atoms with Gasteiger partial charge in [0.15, 0.2) is 17.5 Å². The molecule has 0 spiro atoms. The van der Waals surface area contributed by atoms with Crippen molar-refractivity contribution < 1.29 is 23.1 Å². The van der Waals surface area contributed by atoms with Gasteiger partial charge in [-0.1, -0.05) is 31.2 Å². The van der Waals surface area contributed by atoms with Gasteiger partial charge in [0, 0.05) is 0 Å². The second kappa shape index (κ2) is 7.28. The highest BCUT2D eigenvalue weighted by molar-refractivity contribution is 5.94. The lowest BCUT2D eigenvalue weighted by molar-refractivity contribution is 0.0911. The van der Waals surface area contributed by atoms with E-state index in [1.165, 1.54) is 0 Å². The standard InChI is InChI=1S/C17H16F3NO2/c1-2-10-3-5-11(6-4-10)14(9-22)21-17(23)12-7-8-13(18)16(20)15(12)19/h3-8,14,22H,2,9H2,1H3,(H,21,23). The van der Waals surface area contributed by atoms with E-state index in [4.69, 9.17) is 0 Å². The van der Waals surface area contributed by atoms with Gasteiger partial charge in [-0.05, 0) is 29.7 Å². The fourth-order valence-electron chi connectivity index (χ4n) is 2.16. The molecule has 2 aromatic carbocycles. The second-order valence-corrected chi connectivity index (χ2v) is 5.03. The number of aliphatic hydroxyl groups excluding tert-OH is 1. The second-order valence-electron chi connectivity index (χ2n) is 5.03. The Labute approximate surface area is 131 Å². The highest BCUT2D eigenvalue weighted by Gasteiger charge is 2.21. The molecule has 6 heteroatoms. The van der Waals surface area contributed by atoms with E-state index in [-0.39, 0.29) is 0 Å². The zero-order valence-corrected chi connectivity index (χ0v) is 12.4. The Balaban J connectivity index is 2.21. The van der Waals surface area contributed by atoms with E-state index in [9.17, 15) is 23.1 Å². The maximum Gasteiger partial charge on any atom is 0.254 e. The highest BCUT2D eigenvalue weighted by atomic mass is 19.2. The number of nitrogens with one attached hydrogen (secondary N) is 1. The van der Waals surface area contributed by atoms with Gasteiger partial charge in [0.2, 0.25) is 0 Å². The molecule has 0 aliphatic rings. The highest BCUT2D eigenvalue weighted by Crippen LogP contribution is 2.18. The smallest absolute Gasteiger partial charge is 0.254 e. The Morgan fingerprint density at radius 1 is 1.09 bits per heavy atom. The minimum absolute atomic E-state index is 0.414. The molecule has 1 atom stereocenters. The number of halogens is 3. The molecule has 0 saturated heterocycles. The Kier molecular flexibility index (Phi) is 5.39. The molecule has 2 aromatic rings. The monoisotopic (exact) mass is 323 g/mol. The number of carbonyl (C=O) groups is 1. The van der Waals surface area contributed by atoms with Gasteiger partial charge in [0.05, 0.1) is 18.2 Å². The number of hydrogen-bond acceptors (Lipinski definition) is 2. The van der Waals surface area contributed by atoms with Gasteiger partial charge in [0.25, 0.3) is 5.91 Å². The Morgan fingerprint density at radius 3 is 2.30 bits per heavy atom. The molecule has 2 N–H and O–H groups in total. The van der Waals surface area contributed by atoms with E-state index in [0.717, 1.165) is 18.1 Å². The van der Waals surface area contributed by atoms with Crippen molar-refractivity contribution in [1.82, 2.24) is 5.32 Å². The quantitative estimate of drug-likeness (QED) is 0.831. The molecule has 122 valence electrons. The van der Waals surface area contributed by atoms with E-state index in [1.54, 1.807) is 12.1 Å². The number of carbonyl (C=O) groups excluding carboxylic acids is 1. The summed E-state index contributed by atoms with van der Waals surface area (Å²) in [6, 6.07) is 7.93. The molecule has 0 radical (unpaired) electrons. The number of amides is 1. The minimum Gasteiger partial charge on any atom is -0.394 e. The van der Waals surface area contributed by atoms with E-state index in [0.29, 0.717) is 11.6 Å². The summed E-state index contributed by atoms with van der Waals surface area (Å²) >= 11 is 0. The number of aliphatic hydroxyl groups is 1. The third kappa shape index (κ3) is 3.71. The molecule has 0 aromatic heterocycles. The van der Waals surface area contributed by atoms with Crippen molar-refractivity contribution in [3.63, 3.8) is 0 Å². The molecular weight excluding hydrogens is 307 g/mol. The van der Waals surface area contributed by atoms with Crippen LogP contribution in [0.4, 0.5) is 13.2 Å². The lowest BCUT2D eigenvalue weighted by atomic mass is 10.0. The third-order valence-corrected chi connectivity index (χ3v) is 3.56. The van der Waals surface area contributed by atoms with Crippen LogP contribution in [0.5, 0.6) is 0 Å². The molecular formula is C17H16F3NO2. The topological polar surface area (TPSA) is 49.3 Å². The molecule has 2 rings (SSSR count). The number of aryl methyl sites for hydroxylation is 1. The zero-order valence-electron chi connectivity index (χ0n) is 12.4. The average molecular weight is 323 g/mol. The summed E-state index contributed by atoms with van der Waals surface area (Å²) in [7, 11) is 0. The summed E-state index contributed by atoms with van der Waals surface area (Å²) < 4.78 is 39.7.